The molecule has 0 aliphatic carbocycles. The number of piperazine rings is 1. The van der Waals surface area contributed by atoms with Gasteiger partial charge in [-0.3, -0.25) is 9.80 Å². The number of alkyl halides is 3. The van der Waals surface area contributed by atoms with Crippen molar-refractivity contribution in [3.63, 3.8) is 0 Å². The van der Waals surface area contributed by atoms with E-state index in [1.54, 1.807) is 31.4 Å². The van der Waals surface area contributed by atoms with Gasteiger partial charge in [0.05, 0.1) is 19.1 Å². The van der Waals surface area contributed by atoms with Gasteiger partial charge in [0.2, 0.25) is 0 Å². The number of benzene rings is 2. The van der Waals surface area contributed by atoms with Crippen LogP contribution in [0, 0.1) is 6.92 Å². The summed E-state index contributed by atoms with van der Waals surface area (Å²) in [6.45, 7) is 4.02. The minimum Gasteiger partial charge on any atom is -0.496 e. The molecule has 1 atom stereocenters. The topological polar surface area (TPSA) is 68.8 Å². The molecule has 182 valence electrons. The molecule has 1 fully saturated rings. The van der Waals surface area contributed by atoms with E-state index < -0.39 is 18.6 Å². The van der Waals surface area contributed by atoms with Crippen molar-refractivity contribution < 1.29 is 27.8 Å². The Balaban J connectivity index is 1.65. The molecule has 0 unspecified atom stereocenters. The van der Waals surface area contributed by atoms with E-state index in [1.165, 1.54) is 0 Å². The normalized spacial score (nSPS) is 17.9. The number of rotatable bonds is 7. The molecule has 1 aliphatic rings. The number of nitrogens with zero attached hydrogens (tertiary/aromatic N) is 2. The highest BCUT2D eigenvalue weighted by atomic mass is 19.4. The van der Waals surface area contributed by atoms with Crippen LogP contribution < -0.4 is 4.74 Å². The second-order valence-electron chi connectivity index (χ2n) is 8.72. The number of halogens is 3. The van der Waals surface area contributed by atoms with E-state index in [0.717, 1.165) is 33.3 Å². The summed E-state index contributed by atoms with van der Waals surface area (Å²) in [7, 11) is 1.63. The summed E-state index contributed by atoms with van der Waals surface area (Å²) in [5.41, 5.74) is 4.16. The highest BCUT2D eigenvalue weighted by Crippen LogP contribution is 2.35. The van der Waals surface area contributed by atoms with E-state index in [2.05, 4.69) is 9.88 Å². The zero-order valence-electron chi connectivity index (χ0n) is 19.2. The summed E-state index contributed by atoms with van der Waals surface area (Å²) >= 11 is 0. The molecule has 2 aromatic carbocycles. The molecule has 0 bridgehead atoms. The van der Waals surface area contributed by atoms with Crippen LogP contribution in [0.2, 0.25) is 0 Å². The van der Waals surface area contributed by atoms with Crippen LogP contribution in [0.5, 0.6) is 5.75 Å². The largest absolute Gasteiger partial charge is 0.496 e. The van der Waals surface area contributed by atoms with Gasteiger partial charge in [-0.25, -0.2) is 4.79 Å². The third-order valence-electron chi connectivity index (χ3n) is 6.52. The molecule has 6 nitrogen and oxygen atoms in total. The van der Waals surface area contributed by atoms with Crippen LogP contribution in [0.15, 0.2) is 42.6 Å². The second kappa shape index (κ2) is 9.68. The van der Waals surface area contributed by atoms with Crippen LogP contribution in [-0.2, 0) is 6.54 Å². The van der Waals surface area contributed by atoms with Crippen LogP contribution in [0.1, 0.15) is 39.5 Å². The number of aromatic amines is 1. The van der Waals surface area contributed by atoms with E-state index in [9.17, 15) is 23.1 Å². The molecular weight excluding hydrogens is 447 g/mol. The van der Waals surface area contributed by atoms with Crippen molar-refractivity contribution in [3.05, 3.63) is 64.8 Å². The van der Waals surface area contributed by atoms with Gasteiger partial charge in [-0.05, 0) is 42.3 Å². The second-order valence-corrected chi connectivity index (χ2v) is 8.72. The first-order valence-corrected chi connectivity index (χ1v) is 11.2. The number of aromatic carboxylic acids is 1. The van der Waals surface area contributed by atoms with Crippen molar-refractivity contribution in [2.24, 2.45) is 0 Å². The van der Waals surface area contributed by atoms with E-state index in [4.69, 9.17) is 4.74 Å². The highest BCUT2D eigenvalue weighted by molar-refractivity contribution is 5.88. The fourth-order valence-electron chi connectivity index (χ4n) is 4.70. The first kappa shape index (κ1) is 24.1. The summed E-state index contributed by atoms with van der Waals surface area (Å²) < 4.78 is 44.2. The Kier molecular flexibility index (Phi) is 6.86. The lowest BCUT2D eigenvalue weighted by Crippen LogP contribution is -2.48. The first-order chi connectivity index (χ1) is 16.2. The van der Waals surface area contributed by atoms with Crippen molar-refractivity contribution >= 4 is 16.9 Å². The van der Waals surface area contributed by atoms with E-state index >= 15 is 0 Å². The number of hydrogen-bond donors (Lipinski definition) is 2. The molecule has 0 saturated carbocycles. The lowest BCUT2D eigenvalue weighted by molar-refractivity contribution is -0.139. The molecule has 4 rings (SSSR count). The van der Waals surface area contributed by atoms with Crippen molar-refractivity contribution in [3.8, 4) is 5.75 Å². The molecule has 1 saturated heterocycles. The van der Waals surface area contributed by atoms with Crippen LogP contribution in [0.25, 0.3) is 10.9 Å². The van der Waals surface area contributed by atoms with E-state index in [1.807, 2.05) is 30.2 Å². The summed E-state index contributed by atoms with van der Waals surface area (Å²) in [6, 6.07) is 10.4. The predicted molar refractivity (Wildman–Crippen MR) is 123 cm³/mol. The highest BCUT2D eigenvalue weighted by Gasteiger charge is 2.33. The number of carboxylic acids is 1. The zero-order chi connectivity index (χ0) is 24.5. The minimum atomic E-state index is -4.20. The number of nitrogens with one attached hydrogen (secondary N) is 1. The molecule has 2 heterocycles. The number of ether oxygens (including phenoxy) is 1. The third-order valence-corrected chi connectivity index (χ3v) is 6.52. The van der Waals surface area contributed by atoms with Gasteiger partial charge < -0.3 is 14.8 Å². The molecule has 1 aromatic heterocycles. The van der Waals surface area contributed by atoms with Gasteiger partial charge >= 0.3 is 12.1 Å². The van der Waals surface area contributed by atoms with Gasteiger partial charge in [-0.2, -0.15) is 13.2 Å². The Morgan fingerprint density at radius 2 is 1.94 bits per heavy atom. The fraction of sp³-hybridized carbons (Fsp3) is 0.400. The summed E-state index contributed by atoms with van der Waals surface area (Å²) in [6.07, 6.45) is -3.17. The zero-order valence-corrected chi connectivity index (χ0v) is 19.2. The smallest absolute Gasteiger partial charge is 0.390 e. The molecule has 0 spiro atoms. The van der Waals surface area contributed by atoms with Crippen molar-refractivity contribution in [2.75, 3.05) is 33.3 Å². The molecule has 0 radical (unpaired) electrons. The molecule has 1 aliphatic heterocycles. The number of aryl methyl sites for hydroxylation is 1. The SMILES string of the molecule is COc1cc(C)c2[nH]ccc2c1CN1CCN(CCC(F)(F)F)C[C@@H]1c1ccc(C(=O)O)cc1. The van der Waals surface area contributed by atoms with Gasteiger partial charge in [0.1, 0.15) is 5.75 Å². The number of fused-ring (bicyclic) bond motifs is 1. The molecular formula is C25H28F3N3O3. The Hall–Kier alpha value is -3.04. The standard InChI is InChI=1S/C25H28F3N3O3/c1-16-13-22(34-2)20(19-7-9-29-23(16)19)14-31-12-11-30(10-8-25(26,27)28)15-21(31)17-3-5-18(6-4-17)24(32)33/h3-7,9,13,21,29H,8,10-12,14-15H2,1-2H3,(H,32,33)/t21-/m1/s1. The maximum atomic E-state index is 12.8. The number of carboxylic acid groups (broad SMARTS) is 1. The Morgan fingerprint density at radius 1 is 1.21 bits per heavy atom. The molecule has 9 heteroatoms. The maximum absolute atomic E-state index is 12.8. The number of carbonyl (C=O) groups is 1. The first-order valence-electron chi connectivity index (χ1n) is 11.2. The van der Waals surface area contributed by atoms with Crippen LogP contribution in [0.4, 0.5) is 13.2 Å². The molecule has 3 aromatic rings. The van der Waals surface area contributed by atoms with Crippen LogP contribution >= 0.6 is 0 Å². The third kappa shape index (κ3) is 5.20. The Bertz CT molecular complexity index is 1160. The number of aromatic nitrogens is 1. The van der Waals surface area contributed by atoms with E-state index in [-0.39, 0.29) is 18.2 Å². The van der Waals surface area contributed by atoms with Gasteiger partial charge in [-0.1, -0.05) is 12.1 Å². The lowest BCUT2D eigenvalue weighted by Gasteiger charge is -2.42. The number of hydrogen-bond acceptors (Lipinski definition) is 4. The van der Waals surface area contributed by atoms with Crippen molar-refractivity contribution in [1.82, 2.24) is 14.8 Å². The minimum absolute atomic E-state index is 0.0586. The maximum Gasteiger partial charge on any atom is 0.390 e. The summed E-state index contributed by atoms with van der Waals surface area (Å²) in [4.78, 5) is 18.6. The van der Waals surface area contributed by atoms with Gasteiger partial charge in [0.25, 0.3) is 0 Å². The molecule has 2 N–H and O–H groups in total. The van der Waals surface area contributed by atoms with Crippen LogP contribution in [0.3, 0.4) is 0 Å². The van der Waals surface area contributed by atoms with Crippen molar-refractivity contribution in [1.29, 1.82) is 0 Å². The van der Waals surface area contributed by atoms with Crippen LogP contribution in [-0.4, -0.2) is 65.3 Å². The van der Waals surface area contributed by atoms with Crippen molar-refractivity contribution in [2.45, 2.75) is 32.1 Å². The Labute approximate surface area is 195 Å². The number of H-pyrrole nitrogens is 1. The molecule has 34 heavy (non-hydrogen) atoms. The Morgan fingerprint density at radius 3 is 2.59 bits per heavy atom. The molecule has 0 amide bonds. The van der Waals surface area contributed by atoms with Gasteiger partial charge in [-0.15, -0.1) is 0 Å². The number of methoxy groups -OCH3 is 1. The predicted octanol–water partition coefficient (Wildman–Crippen LogP) is 4.99. The summed E-state index contributed by atoms with van der Waals surface area (Å²) in [5.74, 6) is -0.248. The van der Waals surface area contributed by atoms with E-state index in [0.29, 0.717) is 26.2 Å². The average molecular weight is 476 g/mol. The quantitative estimate of drug-likeness (QED) is 0.504. The average Bonchev–Trinajstić information content (AvgIpc) is 3.30. The monoisotopic (exact) mass is 475 g/mol. The van der Waals surface area contributed by atoms with Gasteiger partial charge in [0, 0.05) is 61.4 Å². The lowest BCUT2D eigenvalue weighted by atomic mass is 9.98. The van der Waals surface area contributed by atoms with Gasteiger partial charge in [0.15, 0.2) is 0 Å². The fourth-order valence-corrected chi connectivity index (χ4v) is 4.70. The summed E-state index contributed by atoms with van der Waals surface area (Å²) in [5, 5.41) is 10.3.